The summed E-state index contributed by atoms with van der Waals surface area (Å²) in [6.45, 7) is 1.26. The highest BCUT2D eigenvalue weighted by Gasteiger charge is 2.22. The number of hydrogen-bond donors (Lipinski definition) is 0. The van der Waals surface area contributed by atoms with Crippen molar-refractivity contribution in [3.63, 3.8) is 0 Å². The molecule has 0 N–H and O–H groups in total. The summed E-state index contributed by atoms with van der Waals surface area (Å²) in [5.74, 6) is -0.116. The molecule has 88 valence electrons. The van der Waals surface area contributed by atoms with Gasteiger partial charge in [-0.2, -0.15) is 0 Å². The number of nitrogens with zero attached hydrogens (tertiary/aromatic N) is 1. The van der Waals surface area contributed by atoms with Gasteiger partial charge in [-0.1, -0.05) is 18.2 Å². The van der Waals surface area contributed by atoms with Crippen LogP contribution >= 0.6 is 0 Å². The molecule has 1 aliphatic heterocycles. The summed E-state index contributed by atoms with van der Waals surface area (Å²) < 4.78 is 5.36. The summed E-state index contributed by atoms with van der Waals surface area (Å²) in [5, 5.41) is 2.27. The van der Waals surface area contributed by atoms with E-state index in [1.807, 2.05) is 24.3 Å². The standard InChI is InChI=1S/C13H13NO3/c15-13(14-7-3-4-8-17-14)11-9-16-12-6-2-1-5-10(11)12/h1-2,5-6,9H,3-4,7-8H2. The molecule has 2 aromatic rings. The minimum Gasteiger partial charge on any atom is -0.463 e. The molecule has 0 aliphatic carbocycles. The Balaban J connectivity index is 1.95. The van der Waals surface area contributed by atoms with Gasteiger partial charge in [-0.25, -0.2) is 5.06 Å². The van der Waals surface area contributed by atoms with Crippen molar-refractivity contribution in [3.8, 4) is 0 Å². The normalized spacial score (nSPS) is 16.4. The largest absolute Gasteiger partial charge is 0.463 e. The Hall–Kier alpha value is -1.81. The summed E-state index contributed by atoms with van der Waals surface area (Å²) in [5.41, 5.74) is 1.30. The van der Waals surface area contributed by atoms with Gasteiger partial charge in [0.1, 0.15) is 11.8 Å². The van der Waals surface area contributed by atoms with E-state index in [-0.39, 0.29) is 5.91 Å². The quantitative estimate of drug-likeness (QED) is 0.757. The maximum atomic E-state index is 12.2. The van der Waals surface area contributed by atoms with Gasteiger partial charge in [0.2, 0.25) is 0 Å². The molecule has 4 heteroatoms. The molecule has 1 aliphatic rings. The molecule has 0 bridgehead atoms. The summed E-state index contributed by atoms with van der Waals surface area (Å²) in [6.07, 6.45) is 3.50. The highest BCUT2D eigenvalue weighted by atomic mass is 16.7. The monoisotopic (exact) mass is 231 g/mol. The van der Waals surface area contributed by atoms with Gasteiger partial charge >= 0.3 is 0 Å². The van der Waals surface area contributed by atoms with Crippen LogP contribution in [0.2, 0.25) is 0 Å². The van der Waals surface area contributed by atoms with E-state index in [1.54, 1.807) is 0 Å². The second kappa shape index (κ2) is 4.22. The lowest BCUT2D eigenvalue weighted by molar-refractivity contribution is -0.144. The first-order chi connectivity index (χ1) is 8.36. The van der Waals surface area contributed by atoms with Crippen LogP contribution in [-0.4, -0.2) is 24.1 Å². The molecular formula is C13H13NO3. The first kappa shape index (κ1) is 10.4. The van der Waals surface area contributed by atoms with Gasteiger partial charge in [0.05, 0.1) is 12.2 Å². The maximum Gasteiger partial charge on any atom is 0.281 e. The molecule has 1 fully saturated rings. The van der Waals surface area contributed by atoms with E-state index in [4.69, 9.17) is 9.25 Å². The fourth-order valence-electron chi connectivity index (χ4n) is 2.03. The molecule has 1 amide bonds. The Labute approximate surface area is 98.7 Å². The highest BCUT2D eigenvalue weighted by Crippen LogP contribution is 2.23. The zero-order valence-electron chi connectivity index (χ0n) is 9.39. The molecule has 1 aromatic heterocycles. The zero-order valence-corrected chi connectivity index (χ0v) is 9.39. The second-order valence-electron chi connectivity index (χ2n) is 4.09. The molecule has 0 atom stereocenters. The lowest BCUT2D eigenvalue weighted by atomic mass is 10.1. The average molecular weight is 231 g/mol. The van der Waals surface area contributed by atoms with E-state index in [2.05, 4.69) is 0 Å². The maximum absolute atomic E-state index is 12.2. The van der Waals surface area contributed by atoms with E-state index in [0.717, 1.165) is 23.8 Å². The molecule has 2 heterocycles. The van der Waals surface area contributed by atoms with Crippen molar-refractivity contribution in [1.29, 1.82) is 0 Å². The summed E-state index contributed by atoms with van der Waals surface area (Å²) >= 11 is 0. The molecule has 0 radical (unpaired) electrons. The zero-order chi connectivity index (χ0) is 11.7. The van der Waals surface area contributed by atoms with Crippen molar-refractivity contribution in [3.05, 3.63) is 36.1 Å². The van der Waals surface area contributed by atoms with Crippen molar-refractivity contribution < 1.29 is 14.0 Å². The fraction of sp³-hybridized carbons (Fsp3) is 0.308. The number of fused-ring (bicyclic) bond motifs is 1. The highest BCUT2D eigenvalue weighted by molar-refractivity contribution is 6.05. The molecule has 1 aromatic carbocycles. The van der Waals surface area contributed by atoms with Crippen LogP contribution in [0.1, 0.15) is 23.2 Å². The van der Waals surface area contributed by atoms with E-state index < -0.39 is 0 Å². The van der Waals surface area contributed by atoms with Crippen LogP contribution in [0.25, 0.3) is 11.0 Å². The molecule has 4 nitrogen and oxygen atoms in total. The van der Waals surface area contributed by atoms with Crippen LogP contribution < -0.4 is 0 Å². The summed E-state index contributed by atoms with van der Waals surface area (Å²) in [4.78, 5) is 17.6. The SMILES string of the molecule is O=C(c1coc2ccccc12)N1CCCCO1. The first-order valence-electron chi connectivity index (χ1n) is 5.77. The molecule has 1 saturated heterocycles. The van der Waals surface area contributed by atoms with Gasteiger partial charge in [0, 0.05) is 11.9 Å². The predicted molar refractivity (Wildman–Crippen MR) is 62.4 cm³/mol. The number of carbonyl (C=O) groups is 1. The van der Waals surface area contributed by atoms with Crippen LogP contribution in [0.4, 0.5) is 0 Å². The molecule has 17 heavy (non-hydrogen) atoms. The van der Waals surface area contributed by atoms with Crippen molar-refractivity contribution in [2.24, 2.45) is 0 Å². The minimum absolute atomic E-state index is 0.116. The van der Waals surface area contributed by atoms with Gasteiger partial charge in [0.15, 0.2) is 0 Å². The number of amides is 1. The van der Waals surface area contributed by atoms with Crippen molar-refractivity contribution in [1.82, 2.24) is 5.06 Å². The number of para-hydroxylation sites is 1. The van der Waals surface area contributed by atoms with Gasteiger partial charge < -0.3 is 4.42 Å². The smallest absolute Gasteiger partial charge is 0.281 e. The Bertz CT molecular complexity index is 540. The number of furan rings is 1. The third-order valence-corrected chi connectivity index (χ3v) is 2.94. The van der Waals surface area contributed by atoms with Crippen LogP contribution in [0.3, 0.4) is 0 Å². The molecular weight excluding hydrogens is 218 g/mol. The predicted octanol–water partition coefficient (Wildman–Crippen LogP) is 2.60. The Morgan fingerprint density at radius 2 is 2.12 bits per heavy atom. The van der Waals surface area contributed by atoms with Crippen LogP contribution in [-0.2, 0) is 4.84 Å². The number of benzene rings is 1. The summed E-state index contributed by atoms with van der Waals surface area (Å²) in [7, 11) is 0. The average Bonchev–Trinajstić information content (AvgIpc) is 2.83. The van der Waals surface area contributed by atoms with E-state index in [9.17, 15) is 4.79 Å². The second-order valence-corrected chi connectivity index (χ2v) is 4.09. The topological polar surface area (TPSA) is 42.7 Å². The third-order valence-electron chi connectivity index (χ3n) is 2.94. The van der Waals surface area contributed by atoms with Gasteiger partial charge in [-0.3, -0.25) is 9.63 Å². The van der Waals surface area contributed by atoms with Crippen molar-refractivity contribution in [2.45, 2.75) is 12.8 Å². The van der Waals surface area contributed by atoms with Crippen molar-refractivity contribution in [2.75, 3.05) is 13.2 Å². The lowest BCUT2D eigenvalue weighted by Gasteiger charge is -2.25. The number of hydrogen-bond acceptors (Lipinski definition) is 3. The van der Waals surface area contributed by atoms with Crippen LogP contribution in [0.5, 0.6) is 0 Å². The molecule has 0 spiro atoms. The number of carbonyl (C=O) groups excluding carboxylic acids is 1. The fourth-order valence-corrected chi connectivity index (χ4v) is 2.03. The molecule has 0 unspecified atom stereocenters. The van der Waals surface area contributed by atoms with Crippen LogP contribution in [0.15, 0.2) is 34.9 Å². The Morgan fingerprint density at radius 1 is 1.24 bits per heavy atom. The number of rotatable bonds is 1. The Kier molecular flexibility index (Phi) is 2.57. The minimum atomic E-state index is -0.116. The lowest BCUT2D eigenvalue weighted by Crippen LogP contribution is -2.35. The first-order valence-corrected chi connectivity index (χ1v) is 5.77. The summed E-state index contributed by atoms with van der Waals surface area (Å²) in [6, 6.07) is 7.52. The Morgan fingerprint density at radius 3 is 2.94 bits per heavy atom. The van der Waals surface area contributed by atoms with Gasteiger partial charge in [0.25, 0.3) is 5.91 Å². The van der Waals surface area contributed by atoms with Gasteiger partial charge in [-0.15, -0.1) is 0 Å². The third kappa shape index (κ3) is 1.80. The van der Waals surface area contributed by atoms with E-state index in [0.29, 0.717) is 18.7 Å². The van der Waals surface area contributed by atoms with Crippen LogP contribution in [0, 0.1) is 0 Å². The van der Waals surface area contributed by atoms with E-state index >= 15 is 0 Å². The van der Waals surface area contributed by atoms with E-state index in [1.165, 1.54) is 11.3 Å². The van der Waals surface area contributed by atoms with Gasteiger partial charge in [-0.05, 0) is 18.9 Å². The number of hydroxylamine groups is 2. The van der Waals surface area contributed by atoms with Crippen molar-refractivity contribution >= 4 is 16.9 Å². The molecule has 0 saturated carbocycles. The molecule has 3 rings (SSSR count).